The van der Waals surface area contributed by atoms with Crippen LogP contribution in [0, 0.1) is 35.5 Å². The molecule has 0 heterocycles. The van der Waals surface area contributed by atoms with E-state index in [0.717, 1.165) is 35.5 Å². The Balaban J connectivity index is 1.37. The molecule has 0 aromatic rings. The van der Waals surface area contributed by atoms with Gasteiger partial charge in [0.2, 0.25) is 0 Å². The predicted molar refractivity (Wildman–Crippen MR) is 89.9 cm³/mol. The summed E-state index contributed by atoms with van der Waals surface area (Å²) in [6, 6.07) is 0. The van der Waals surface area contributed by atoms with Gasteiger partial charge in [-0.15, -0.1) is 0 Å². The number of hydrogen-bond acceptors (Lipinski definition) is 1. The zero-order chi connectivity index (χ0) is 14.5. The molecule has 0 N–H and O–H groups in total. The minimum atomic E-state index is -0.530. The minimum Gasteiger partial charge on any atom is -0.258 e. The van der Waals surface area contributed by atoms with E-state index in [1.165, 1.54) is 77.0 Å². The van der Waals surface area contributed by atoms with Gasteiger partial charge in [-0.3, -0.25) is 4.21 Å². The maximum absolute atomic E-state index is 14.1. The zero-order valence-corrected chi connectivity index (χ0v) is 14.6. The summed E-state index contributed by atoms with van der Waals surface area (Å²) in [6.07, 6.45) is 16.9. The Morgan fingerprint density at radius 1 is 0.500 bits per heavy atom. The lowest BCUT2D eigenvalue weighted by Gasteiger charge is -2.62. The first-order chi connectivity index (χ1) is 10.6. The first-order valence-corrected chi connectivity index (χ1v) is 11.2. The van der Waals surface area contributed by atoms with Crippen LogP contribution in [0.2, 0.25) is 0 Å². The summed E-state index contributed by atoms with van der Waals surface area (Å²) in [5.41, 5.74) is 0. The van der Waals surface area contributed by atoms with Gasteiger partial charge in [0, 0.05) is 20.3 Å². The molecular weight excluding hydrogens is 288 g/mol. The molecule has 8 aliphatic rings. The smallest absolute Gasteiger partial charge is 0.0472 e. The molecule has 8 aliphatic carbocycles. The third-order valence-corrected chi connectivity index (χ3v) is 11.3. The van der Waals surface area contributed by atoms with Gasteiger partial charge in [0.05, 0.1) is 0 Å². The van der Waals surface area contributed by atoms with E-state index in [1.54, 1.807) is 0 Å². The third-order valence-electron chi connectivity index (χ3n) is 8.75. The van der Waals surface area contributed by atoms with Gasteiger partial charge in [0.1, 0.15) is 0 Å². The topological polar surface area (TPSA) is 17.1 Å². The second-order valence-electron chi connectivity index (χ2n) is 10.5. The lowest BCUT2D eigenvalue weighted by atomic mass is 9.55. The first kappa shape index (κ1) is 13.4. The summed E-state index contributed by atoms with van der Waals surface area (Å²) >= 11 is 0. The van der Waals surface area contributed by atoms with Crippen molar-refractivity contribution in [2.75, 3.05) is 0 Å². The molecule has 122 valence electrons. The highest BCUT2D eigenvalue weighted by molar-refractivity contribution is 7.87. The average molecular weight is 319 g/mol. The molecular formula is C20H30OS. The molecule has 8 bridgehead atoms. The fraction of sp³-hybridized carbons (Fsp3) is 1.00. The molecule has 0 unspecified atom stereocenters. The zero-order valence-electron chi connectivity index (χ0n) is 13.8. The lowest BCUT2D eigenvalue weighted by Crippen LogP contribution is -2.61. The Hall–Kier alpha value is 0.150. The largest absolute Gasteiger partial charge is 0.258 e. The third kappa shape index (κ3) is 1.69. The molecule has 8 saturated carbocycles. The average Bonchev–Trinajstić information content (AvgIpc) is 2.43. The summed E-state index contributed by atoms with van der Waals surface area (Å²) in [5, 5.41) is 0. The van der Waals surface area contributed by atoms with E-state index in [4.69, 9.17) is 0 Å². The van der Waals surface area contributed by atoms with Gasteiger partial charge in [-0.05, 0) is 113 Å². The first-order valence-electron chi connectivity index (χ1n) is 10.0. The van der Waals surface area contributed by atoms with E-state index in [-0.39, 0.29) is 9.49 Å². The van der Waals surface area contributed by atoms with Gasteiger partial charge in [-0.2, -0.15) is 0 Å². The van der Waals surface area contributed by atoms with E-state index in [9.17, 15) is 4.21 Å². The van der Waals surface area contributed by atoms with Crippen LogP contribution in [0.1, 0.15) is 77.0 Å². The molecule has 2 heteroatoms. The highest BCUT2D eigenvalue weighted by Crippen LogP contribution is 2.64. The maximum Gasteiger partial charge on any atom is 0.0472 e. The van der Waals surface area contributed by atoms with Gasteiger partial charge in [0.25, 0.3) is 0 Å². The van der Waals surface area contributed by atoms with Gasteiger partial charge in [0.15, 0.2) is 0 Å². The Labute approximate surface area is 137 Å². The van der Waals surface area contributed by atoms with Gasteiger partial charge in [-0.1, -0.05) is 0 Å². The van der Waals surface area contributed by atoms with Crippen molar-refractivity contribution in [2.45, 2.75) is 86.5 Å². The van der Waals surface area contributed by atoms with Crippen LogP contribution in [0.25, 0.3) is 0 Å². The van der Waals surface area contributed by atoms with Crippen LogP contribution >= 0.6 is 0 Å². The molecule has 0 amide bonds. The summed E-state index contributed by atoms with van der Waals surface area (Å²) in [5.74, 6) is 5.69. The van der Waals surface area contributed by atoms with Crippen LogP contribution < -0.4 is 0 Å². The minimum absolute atomic E-state index is 0.278. The normalized spacial score (nSPS) is 62.5. The van der Waals surface area contributed by atoms with Crippen molar-refractivity contribution >= 4 is 10.8 Å². The van der Waals surface area contributed by atoms with Crippen molar-refractivity contribution < 1.29 is 4.21 Å². The van der Waals surface area contributed by atoms with Crippen LogP contribution in [-0.4, -0.2) is 13.7 Å². The molecule has 0 aromatic carbocycles. The second kappa shape index (κ2) is 4.21. The van der Waals surface area contributed by atoms with E-state index in [1.807, 2.05) is 0 Å². The fourth-order valence-corrected chi connectivity index (χ4v) is 12.2. The summed E-state index contributed by atoms with van der Waals surface area (Å²) < 4.78 is 14.6. The second-order valence-corrected chi connectivity index (χ2v) is 12.7. The summed E-state index contributed by atoms with van der Waals surface area (Å²) in [6.45, 7) is 0. The lowest BCUT2D eigenvalue weighted by molar-refractivity contribution is 0.0198. The molecule has 1 nitrogen and oxygen atoms in total. The van der Waals surface area contributed by atoms with Crippen molar-refractivity contribution in [1.29, 1.82) is 0 Å². The van der Waals surface area contributed by atoms with Crippen molar-refractivity contribution in [2.24, 2.45) is 35.5 Å². The van der Waals surface area contributed by atoms with Crippen LogP contribution in [0.4, 0.5) is 0 Å². The van der Waals surface area contributed by atoms with Crippen molar-refractivity contribution in [3.8, 4) is 0 Å². The predicted octanol–water partition coefficient (Wildman–Crippen LogP) is 4.67. The summed E-state index contributed by atoms with van der Waals surface area (Å²) in [7, 11) is -0.530. The number of hydrogen-bond donors (Lipinski definition) is 0. The van der Waals surface area contributed by atoms with E-state index < -0.39 is 10.8 Å². The van der Waals surface area contributed by atoms with E-state index >= 15 is 0 Å². The molecule has 22 heavy (non-hydrogen) atoms. The maximum atomic E-state index is 14.1. The highest BCUT2D eigenvalue weighted by atomic mass is 32.2. The molecule has 0 aliphatic heterocycles. The Morgan fingerprint density at radius 3 is 0.955 bits per heavy atom. The van der Waals surface area contributed by atoms with Gasteiger partial charge in [-0.25, -0.2) is 0 Å². The van der Waals surface area contributed by atoms with E-state index in [2.05, 4.69) is 0 Å². The van der Waals surface area contributed by atoms with Crippen LogP contribution in [0.15, 0.2) is 0 Å². The molecule has 0 radical (unpaired) electrons. The molecule has 8 rings (SSSR count). The fourth-order valence-electron chi connectivity index (χ4n) is 8.98. The van der Waals surface area contributed by atoms with Crippen molar-refractivity contribution in [3.05, 3.63) is 0 Å². The van der Waals surface area contributed by atoms with Crippen LogP contribution in [0.5, 0.6) is 0 Å². The highest BCUT2D eigenvalue weighted by Gasteiger charge is 2.62. The molecule has 0 atom stereocenters. The molecule has 0 spiro atoms. The Kier molecular flexibility index (Phi) is 2.57. The van der Waals surface area contributed by atoms with Crippen LogP contribution in [0.3, 0.4) is 0 Å². The molecule has 0 saturated heterocycles. The standard InChI is InChI=1S/C20H30OS/c21-22(19-7-13-1-14(8-19)3-15(2-13)9-19)20-10-16-4-17(11-20)6-18(5-16)12-20/h13-18H,1-12H2. The Bertz CT molecular complexity index is 419. The molecule has 8 fully saturated rings. The van der Waals surface area contributed by atoms with E-state index in [0.29, 0.717) is 0 Å². The van der Waals surface area contributed by atoms with Crippen LogP contribution in [-0.2, 0) is 10.8 Å². The van der Waals surface area contributed by atoms with Gasteiger partial charge < -0.3 is 0 Å². The summed E-state index contributed by atoms with van der Waals surface area (Å²) in [4.78, 5) is 0. The quantitative estimate of drug-likeness (QED) is 0.723. The SMILES string of the molecule is O=S(C12CC3CC(CC(C3)C1)C2)C12CC3CC(CC(C3)C1)C2. The van der Waals surface area contributed by atoms with Crippen molar-refractivity contribution in [1.82, 2.24) is 0 Å². The van der Waals surface area contributed by atoms with Gasteiger partial charge >= 0.3 is 0 Å². The monoisotopic (exact) mass is 318 g/mol. The molecule has 0 aromatic heterocycles. The Morgan fingerprint density at radius 2 is 0.727 bits per heavy atom. The van der Waals surface area contributed by atoms with Crippen molar-refractivity contribution in [3.63, 3.8) is 0 Å². The number of rotatable bonds is 2.